The van der Waals surface area contributed by atoms with Crippen LogP contribution in [0.25, 0.3) is 0 Å². The molecule has 7 heteroatoms. The number of unbranched alkanes of at least 4 members (excludes halogenated alkanes) is 18. The molecule has 0 aliphatic heterocycles. The van der Waals surface area contributed by atoms with Crippen molar-refractivity contribution in [3.05, 3.63) is 0 Å². The molecule has 0 atom stereocenters. The summed E-state index contributed by atoms with van der Waals surface area (Å²) in [6.07, 6.45) is 26.7. The molecular formula is C30H65ClN2O4. The summed E-state index contributed by atoms with van der Waals surface area (Å²) in [4.78, 5) is 13.3. The van der Waals surface area contributed by atoms with E-state index < -0.39 is 6.29 Å². The standard InChI is InChI=1S/C25H51NO2.C5H13NO2.ClH/c1-2-3-4-5-6-7-8-9-10-11-12-13-14-15-16-17-18-19-20-22-25(27)28-24-21-23-26;1-6(2)4-3-5(7)8;/h2-24,26H2,1H3;5,7-8H,3-4H2,1-2H3;1H. The first kappa shape index (κ1) is 41.1. The van der Waals surface area contributed by atoms with Crippen LogP contribution in [0.3, 0.4) is 0 Å². The fourth-order valence-corrected chi connectivity index (χ4v) is 4.06. The van der Waals surface area contributed by atoms with Gasteiger partial charge in [0.15, 0.2) is 6.29 Å². The zero-order valence-electron chi connectivity index (χ0n) is 24.9. The number of esters is 1. The van der Waals surface area contributed by atoms with Crippen LogP contribution in [0, 0.1) is 0 Å². The maximum atomic E-state index is 11.4. The Morgan fingerprint density at radius 1 is 0.703 bits per heavy atom. The molecule has 0 saturated carbocycles. The molecule has 0 aromatic heterocycles. The molecule has 0 radical (unpaired) electrons. The zero-order chi connectivity index (χ0) is 27.1. The van der Waals surface area contributed by atoms with E-state index in [9.17, 15) is 4.79 Å². The number of aliphatic hydroxyl groups is 2. The van der Waals surface area contributed by atoms with Crippen molar-refractivity contribution in [2.24, 2.45) is 5.73 Å². The van der Waals surface area contributed by atoms with Gasteiger partial charge in [0, 0.05) is 19.4 Å². The second-order valence-electron chi connectivity index (χ2n) is 10.5. The number of halogens is 1. The first-order chi connectivity index (χ1) is 17.4. The average Bonchev–Trinajstić information content (AvgIpc) is 2.84. The van der Waals surface area contributed by atoms with E-state index in [2.05, 4.69) is 6.92 Å². The summed E-state index contributed by atoms with van der Waals surface area (Å²) in [7, 11) is 3.78. The lowest BCUT2D eigenvalue weighted by Crippen LogP contribution is -2.18. The number of nitrogens with two attached hydrogens (primary N) is 1. The van der Waals surface area contributed by atoms with Crippen molar-refractivity contribution in [2.75, 3.05) is 33.8 Å². The third-order valence-corrected chi connectivity index (χ3v) is 6.43. The van der Waals surface area contributed by atoms with Crippen LogP contribution >= 0.6 is 12.4 Å². The topological polar surface area (TPSA) is 96.0 Å². The van der Waals surface area contributed by atoms with E-state index in [1.54, 1.807) is 0 Å². The van der Waals surface area contributed by atoms with Crippen molar-refractivity contribution >= 4 is 18.4 Å². The highest BCUT2D eigenvalue weighted by Gasteiger charge is 2.02. The van der Waals surface area contributed by atoms with Gasteiger partial charge in [0.05, 0.1) is 6.61 Å². The highest BCUT2D eigenvalue weighted by atomic mass is 35.5. The summed E-state index contributed by atoms with van der Waals surface area (Å²) in [5.74, 6) is -0.0552. The van der Waals surface area contributed by atoms with E-state index in [1.807, 2.05) is 19.0 Å². The monoisotopic (exact) mass is 552 g/mol. The molecule has 0 unspecified atom stereocenters. The first-order valence-corrected chi connectivity index (χ1v) is 15.3. The molecule has 0 aliphatic carbocycles. The minimum absolute atomic E-state index is 0. The lowest BCUT2D eigenvalue weighted by molar-refractivity contribution is -0.143. The number of carbonyl (C=O) groups is 1. The van der Waals surface area contributed by atoms with E-state index in [-0.39, 0.29) is 18.4 Å². The largest absolute Gasteiger partial charge is 0.466 e. The molecule has 0 aliphatic rings. The van der Waals surface area contributed by atoms with Crippen LogP contribution in [-0.4, -0.2) is 61.2 Å². The van der Waals surface area contributed by atoms with Gasteiger partial charge in [-0.1, -0.05) is 122 Å². The van der Waals surface area contributed by atoms with E-state index in [4.69, 9.17) is 20.7 Å². The number of ether oxygens (including phenoxy) is 1. The highest BCUT2D eigenvalue weighted by Crippen LogP contribution is 2.14. The summed E-state index contributed by atoms with van der Waals surface area (Å²) in [5.41, 5.74) is 5.37. The van der Waals surface area contributed by atoms with Gasteiger partial charge in [0.25, 0.3) is 0 Å². The Labute approximate surface area is 236 Å². The average molecular weight is 553 g/mol. The van der Waals surface area contributed by atoms with Crippen molar-refractivity contribution in [1.29, 1.82) is 0 Å². The van der Waals surface area contributed by atoms with Gasteiger partial charge >= 0.3 is 5.97 Å². The number of carbonyl (C=O) groups excluding carboxylic acids is 1. The molecule has 6 nitrogen and oxygen atoms in total. The Balaban J connectivity index is -0.00000110. The number of rotatable bonds is 26. The Hall–Kier alpha value is -0.400. The predicted octanol–water partition coefficient (Wildman–Crippen LogP) is 7.37. The van der Waals surface area contributed by atoms with Crippen molar-refractivity contribution < 1.29 is 19.7 Å². The Morgan fingerprint density at radius 2 is 1.08 bits per heavy atom. The SMILES string of the molecule is CCCCCCCCCCCCCCCCCCCCCC(=O)OCCCN.CN(C)CCC(O)O.Cl. The van der Waals surface area contributed by atoms with Gasteiger partial charge in [-0.3, -0.25) is 4.79 Å². The number of nitrogens with zero attached hydrogens (tertiary/aromatic N) is 1. The van der Waals surface area contributed by atoms with E-state index in [0.717, 1.165) is 25.8 Å². The molecule has 0 aromatic rings. The minimum atomic E-state index is -1.16. The zero-order valence-corrected chi connectivity index (χ0v) is 25.7. The summed E-state index contributed by atoms with van der Waals surface area (Å²) in [6, 6.07) is 0. The molecule has 0 aromatic carbocycles. The van der Waals surface area contributed by atoms with Gasteiger partial charge in [-0.2, -0.15) is 0 Å². The molecule has 0 spiro atoms. The van der Waals surface area contributed by atoms with Crippen LogP contribution in [0.1, 0.15) is 148 Å². The summed E-state index contributed by atoms with van der Waals surface area (Å²) >= 11 is 0. The molecule has 0 saturated heterocycles. The van der Waals surface area contributed by atoms with Crippen LogP contribution in [0.15, 0.2) is 0 Å². The normalized spacial score (nSPS) is 10.8. The van der Waals surface area contributed by atoms with Crippen molar-refractivity contribution in [3.8, 4) is 0 Å². The fourth-order valence-electron chi connectivity index (χ4n) is 4.06. The quantitative estimate of drug-likeness (QED) is 0.0588. The Bertz CT molecular complexity index is 418. The van der Waals surface area contributed by atoms with Gasteiger partial charge in [-0.05, 0) is 33.5 Å². The van der Waals surface area contributed by atoms with Crippen molar-refractivity contribution in [1.82, 2.24) is 4.90 Å². The van der Waals surface area contributed by atoms with Crippen molar-refractivity contribution in [3.63, 3.8) is 0 Å². The van der Waals surface area contributed by atoms with Crippen LogP contribution < -0.4 is 5.73 Å². The first-order valence-electron chi connectivity index (χ1n) is 15.3. The van der Waals surface area contributed by atoms with Gasteiger partial charge in [0.2, 0.25) is 0 Å². The molecule has 4 N–H and O–H groups in total. The van der Waals surface area contributed by atoms with Crippen LogP contribution in [0.5, 0.6) is 0 Å². The molecule has 0 amide bonds. The number of hydrogen-bond donors (Lipinski definition) is 3. The van der Waals surface area contributed by atoms with E-state index in [1.165, 1.54) is 109 Å². The molecule has 226 valence electrons. The van der Waals surface area contributed by atoms with E-state index >= 15 is 0 Å². The maximum absolute atomic E-state index is 11.4. The molecule has 0 fully saturated rings. The molecular weight excluding hydrogens is 488 g/mol. The van der Waals surface area contributed by atoms with Crippen molar-refractivity contribution in [2.45, 2.75) is 154 Å². The van der Waals surface area contributed by atoms with Gasteiger partial charge in [0.1, 0.15) is 0 Å². The lowest BCUT2D eigenvalue weighted by atomic mass is 10.0. The summed E-state index contributed by atoms with van der Waals surface area (Å²) < 4.78 is 5.10. The smallest absolute Gasteiger partial charge is 0.305 e. The Kier molecular flexibility index (Phi) is 39.5. The minimum Gasteiger partial charge on any atom is -0.466 e. The number of aliphatic hydroxyl groups excluding tert-OH is 1. The molecule has 0 heterocycles. The lowest BCUT2D eigenvalue weighted by Gasteiger charge is -2.09. The fraction of sp³-hybridized carbons (Fsp3) is 0.967. The maximum Gasteiger partial charge on any atom is 0.305 e. The van der Waals surface area contributed by atoms with Gasteiger partial charge < -0.3 is 25.6 Å². The summed E-state index contributed by atoms with van der Waals surface area (Å²) in [5, 5.41) is 16.7. The van der Waals surface area contributed by atoms with Crippen LogP contribution in [0.4, 0.5) is 0 Å². The predicted molar refractivity (Wildman–Crippen MR) is 161 cm³/mol. The second-order valence-corrected chi connectivity index (χ2v) is 10.5. The van der Waals surface area contributed by atoms with Gasteiger partial charge in [-0.15, -0.1) is 12.4 Å². The third kappa shape index (κ3) is 42.9. The van der Waals surface area contributed by atoms with E-state index in [0.29, 0.717) is 26.0 Å². The number of hydrogen-bond acceptors (Lipinski definition) is 6. The third-order valence-electron chi connectivity index (χ3n) is 6.43. The van der Waals surface area contributed by atoms with Crippen LogP contribution in [0.2, 0.25) is 0 Å². The van der Waals surface area contributed by atoms with Crippen LogP contribution in [-0.2, 0) is 9.53 Å². The molecule has 0 rings (SSSR count). The highest BCUT2D eigenvalue weighted by molar-refractivity contribution is 5.85. The second kappa shape index (κ2) is 35.6. The molecule has 0 bridgehead atoms. The Morgan fingerprint density at radius 3 is 1.38 bits per heavy atom. The summed E-state index contributed by atoms with van der Waals surface area (Å²) in [6.45, 7) is 4.08. The molecule has 37 heavy (non-hydrogen) atoms. The van der Waals surface area contributed by atoms with Gasteiger partial charge in [-0.25, -0.2) is 0 Å².